The van der Waals surface area contributed by atoms with E-state index >= 15 is 0 Å². The van der Waals surface area contributed by atoms with Crippen LogP contribution in [0, 0.1) is 0 Å². The fourth-order valence-corrected chi connectivity index (χ4v) is 6.42. The van der Waals surface area contributed by atoms with Crippen LogP contribution in [-0.2, 0) is 25.9 Å². The Bertz CT molecular complexity index is 1080. The Morgan fingerprint density at radius 1 is 1.09 bits per heavy atom. The quantitative estimate of drug-likeness (QED) is 0.755. The molecular formula is C26H33N3O3. The minimum atomic E-state index is -0.872. The predicted octanol–water partition coefficient (Wildman–Crippen LogP) is 3.18. The van der Waals surface area contributed by atoms with Crippen LogP contribution >= 0.6 is 0 Å². The molecule has 1 saturated carbocycles. The number of hydrogen-bond donors (Lipinski definition) is 1. The van der Waals surface area contributed by atoms with Crippen LogP contribution in [0.25, 0.3) is 0 Å². The SMILES string of the molecule is COc1cc2c(cc1CN1[C@@H]3CC[C@H]1CC(O)(Cn1nc(C4CC4)ccc1=O)C3)CCC2. The van der Waals surface area contributed by atoms with E-state index in [2.05, 4.69) is 22.1 Å². The van der Waals surface area contributed by atoms with Gasteiger partial charge in [-0.15, -0.1) is 0 Å². The Labute approximate surface area is 189 Å². The fraction of sp³-hybridized carbons (Fsp3) is 0.615. The normalized spacial score (nSPS) is 29.3. The van der Waals surface area contributed by atoms with Crippen LogP contribution in [0.15, 0.2) is 29.1 Å². The summed E-state index contributed by atoms with van der Waals surface area (Å²) in [5.41, 5.74) is 4.20. The number of aryl methyl sites for hydroxylation is 2. The molecule has 6 heteroatoms. The lowest BCUT2D eigenvalue weighted by atomic mass is 9.85. The Morgan fingerprint density at radius 3 is 2.50 bits per heavy atom. The molecule has 6 rings (SSSR count). The molecule has 1 N–H and O–H groups in total. The molecule has 2 saturated heterocycles. The summed E-state index contributed by atoms with van der Waals surface area (Å²) in [6.45, 7) is 1.17. The highest BCUT2D eigenvalue weighted by Gasteiger charge is 2.48. The van der Waals surface area contributed by atoms with E-state index in [1.807, 2.05) is 6.07 Å². The van der Waals surface area contributed by atoms with E-state index in [1.165, 1.54) is 34.2 Å². The van der Waals surface area contributed by atoms with Gasteiger partial charge >= 0.3 is 0 Å². The zero-order valence-corrected chi connectivity index (χ0v) is 18.9. The first kappa shape index (κ1) is 20.4. The van der Waals surface area contributed by atoms with Crippen molar-refractivity contribution in [2.75, 3.05) is 7.11 Å². The average molecular weight is 436 g/mol. The number of ether oxygens (including phenoxy) is 1. The first-order valence-corrected chi connectivity index (χ1v) is 12.3. The zero-order valence-electron chi connectivity index (χ0n) is 18.9. The number of fused-ring (bicyclic) bond motifs is 3. The van der Waals surface area contributed by atoms with Crippen LogP contribution < -0.4 is 10.3 Å². The largest absolute Gasteiger partial charge is 0.496 e. The Morgan fingerprint density at radius 2 is 1.81 bits per heavy atom. The minimum Gasteiger partial charge on any atom is -0.496 e. The summed E-state index contributed by atoms with van der Waals surface area (Å²) in [5.74, 6) is 1.50. The summed E-state index contributed by atoms with van der Waals surface area (Å²) in [6, 6.07) is 8.74. The lowest BCUT2D eigenvalue weighted by Crippen LogP contribution is -2.53. The summed E-state index contributed by atoms with van der Waals surface area (Å²) >= 11 is 0. The first-order chi connectivity index (χ1) is 15.5. The highest BCUT2D eigenvalue weighted by molar-refractivity contribution is 5.45. The number of hydrogen-bond acceptors (Lipinski definition) is 5. The van der Waals surface area contributed by atoms with Gasteiger partial charge in [0.15, 0.2) is 0 Å². The maximum atomic E-state index is 12.4. The van der Waals surface area contributed by atoms with Crippen LogP contribution in [-0.4, -0.2) is 44.6 Å². The summed E-state index contributed by atoms with van der Waals surface area (Å²) in [4.78, 5) is 15.0. The van der Waals surface area contributed by atoms with Gasteiger partial charge in [0.05, 0.1) is 24.9 Å². The third kappa shape index (κ3) is 3.67. The monoisotopic (exact) mass is 435 g/mol. The molecule has 3 fully saturated rings. The van der Waals surface area contributed by atoms with Crippen LogP contribution in [0.4, 0.5) is 0 Å². The number of benzene rings is 1. The number of aromatic nitrogens is 2. The van der Waals surface area contributed by atoms with Crippen molar-refractivity contribution in [3.8, 4) is 5.75 Å². The Balaban J connectivity index is 1.20. The van der Waals surface area contributed by atoms with E-state index in [9.17, 15) is 9.90 Å². The van der Waals surface area contributed by atoms with E-state index < -0.39 is 5.60 Å². The third-order valence-electron chi connectivity index (χ3n) is 8.18. The van der Waals surface area contributed by atoms with Crippen molar-refractivity contribution >= 4 is 0 Å². The zero-order chi connectivity index (χ0) is 21.9. The molecule has 2 aliphatic carbocycles. The van der Waals surface area contributed by atoms with Crippen molar-refractivity contribution < 1.29 is 9.84 Å². The summed E-state index contributed by atoms with van der Waals surface area (Å²) < 4.78 is 7.27. The molecule has 0 amide bonds. The van der Waals surface area contributed by atoms with E-state index in [4.69, 9.17) is 4.74 Å². The second-order valence-corrected chi connectivity index (χ2v) is 10.5. The second-order valence-electron chi connectivity index (χ2n) is 10.5. The van der Waals surface area contributed by atoms with Gasteiger partial charge in [-0.1, -0.05) is 6.07 Å². The smallest absolute Gasteiger partial charge is 0.266 e. The molecule has 3 atom stereocenters. The standard InChI is InChI=1S/C26H33N3O3/c1-32-24-12-19-4-2-3-18(19)11-20(24)15-28-21-7-8-22(28)14-26(31,13-21)16-29-25(30)10-9-23(27-29)17-5-6-17/h9-12,17,21-22,31H,2-8,13-16H2,1H3/t21-,22+,26?. The number of piperidine rings is 1. The summed E-state index contributed by atoms with van der Waals surface area (Å²) in [7, 11) is 1.77. The van der Waals surface area contributed by atoms with Gasteiger partial charge in [-0.3, -0.25) is 9.69 Å². The maximum absolute atomic E-state index is 12.4. The summed E-state index contributed by atoms with van der Waals surface area (Å²) in [5, 5.41) is 16.1. The highest BCUT2D eigenvalue weighted by Crippen LogP contribution is 2.43. The van der Waals surface area contributed by atoms with Gasteiger partial charge in [-0.25, -0.2) is 4.68 Å². The molecule has 2 aromatic rings. The molecule has 0 radical (unpaired) electrons. The number of nitrogens with zero attached hydrogens (tertiary/aromatic N) is 3. The predicted molar refractivity (Wildman–Crippen MR) is 122 cm³/mol. The molecule has 1 aromatic heterocycles. The van der Waals surface area contributed by atoms with E-state index in [0.717, 1.165) is 50.1 Å². The van der Waals surface area contributed by atoms with Gasteiger partial charge in [0.1, 0.15) is 5.75 Å². The van der Waals surface area contributed by atoms with E-state index in [0.29, 0.717) is 37.4 Å². The van der Waals surface area contributed by atoms with Crippen molar-refractivity contribution in [1.29, 1.82) is 0 Å². The first-order valence-electron chi connectivity index (χ1n) is 12.3. The highest BCUT2D eigenvalue weighted by atomic mass is 16.5. The van der Waals surface area contributed by atoms with Crippen molar-refractivity contribution in [2.45, 2.75) is 94.5 Å². The van der Waals surface area contributed by atoms with Gasteiger partial charge in [-0.2, -0.15) is 5.10 Å². The second kappa shape index (κ2) is 7.70. The minimum absolute atomic E-state index is 0.111. The molecule has 1 aromatic carbocycles. The van der Waals surface area contributed by atoms with Crippen molar-refractivity contribution in [2.24, 2.45) is 0 Å². The third-order valence-corrected chi connectivity index (χ3v) is 8.18. The molecular weight excluding hydrogens is 402 g/mol. The van der Waals surface area contributed by atoms with Gasteiger partial charge in [0, 0.05) is 36.2 Å². The number of methoxy groups -OCH3 is 1. The van der Waals surface area contributed by atoms with Gasteiger partial charge in [0.25, 0.3) is 5.56 Å². The maximum Gasteiger partial charge on any atom is 0.266 e. The lowest BCUT2D eigenvalue weighted by molar-refractivity contribution is -0.0679. The van der Waals surface area contributed by atoms with Crippen LogP contribution in [0.1, 0.15) is 73.2 Å². The molecule has 3 heterocycles. The Kier molecular flexibility index (Phi) is 4.92. The molecule has 170 valence electrons. The molecule has 2 aliphatic heterocycles. The Hall–Kier alpha value is -2.18. The van der Waals surface area contributed by atoms with Crippen LogP contribution in [0.3, 0.4) is 0 Å². The molecule has 2 bridgehead atoms. The van der Waals surface area contributed by atoms with E-state index in [-0.39, 0.29) is 5.56 Å². The van der Waals surface area contributed by atoms with Crippen molar-refractivity contribution in [1.82, 2.24) is 14.7 Å². The lowest BCUT2D eigenvalue weighted by Gasteiger charge is -2.44. The van der Waals surface area contributed by atoms with Gasteiger partial charge in [-0.05, 0) is 81.0 Å². The molecule has 1 unspecified atom stereocenters. The molecule has 0 spiro atoms. The number of aliphatic hydroxyl groups is 1. The molecule has 6 nitrogen and oxygen atoms in total. The topological polar surface area (TPSA) is 67.6 Å². The van der Waals surface area contributed by atoms with Gasteiger partial charge < -0.3 is 9.84 Å². The molecule has 32 heavy (non-hydrogen) atoms. The van der Waals surface area contributed by atoms with Crippen LogP contribution in [0.2, 0.25) is 0 Å². The fourth-order valence-electron chi connectivity index (χ4n) is 6.42. The number of rotatable bonds is 6. The summed E-state index contributed by atoms with van der Waals surface area (Å²) in [6.07, 6.45) is 9.46. The van der Waals surface area contributed by atoms with Crippen LogP contribution in [0.5, 0.6) is 5.75 Å². The van der Waals surface area contributed by atoms with Gasteiger partial charge in [0.2, 0.25) is 0 Å². The van der Waals surface area contributed by atoms with Crippen molar-refractivity contribution in [3.63, 3.8) is 0 Å². The average Bonchev–Trinajstić information content (AvgIpc) is 3.47. The van der Waals surface area contributed by atoms with Crippen molar-refractivity contribution in [3.05, 3.63) is 57.0 Å². The van der Waals surface area contributed by atoms with E-state index in [1.54, 1.807) is 13.2 Å². The molecule has 4 aliphatic rings.